The normalized spacial score (nSPS) is 10.3. The molecule has 1 rings (SSSR count). The summed E-state index contributed by atoms with van der Waals surface area (Å²) in [6, 6.07) is 3.67. The molecule has 0 unspecified atom stereocenters. The molecule has 9 heteroatoms. The molecule has 7 nitrogen and oxygen atoms in total. The first-order valence-corrected chi connectivity index (χ1v) is 6.76. The maximum atomic E-state index is 11.1. The van der Waals surface area contributed by atoms with Crippen molar-refractivity contribution in [1.29, 1.82) is 0 Å². The third-order valence-electron chi connectivity index (χ3n) is 2.08. The summed E-state index contributed by atoms with van der Waals surface area (Å²) in [6.07, 6.45) is 0. The Balaban J connectivity index is 0.00000361. The predicted molar refractivity (Wildman–Crippen MR) is 72.1 cm³/mol. The first-order valence-electron chi connectivity index (χ1n) is 5.32. The molecule has 0 aromatic heterocycles. The van der Waals surface area contributed by atoms with Crippen molar-refractivity contribution in [3.8, 4) is 11.5 Å². The average Bonchev–Trinajstić information content (AvgIpc) is 2.35. The number of ether oxygens (including phenoxy) is 3. The zero-order valence-corrected chi connectivity index (χ0v) is 11.3. The van der Waals surface area contributed by atoms with Crippen LogP contribution in [0.25, 0.3) is 0 Å². The second kappa shape index (κ2) is 8.98. The van der Waals surface area contributed by atoms with Gasteiger partial charge in [-0.15, -0.1) is 0 Å². The van der Waals surface area contributed by atoms with E-state index in [2.05, 4.69) is 4.74 Å². The third kappa shape index (κ3) is 6.08. The van der Waals surface area contributed by atoms with Crippen LogP contribution in [0.5, 0.6) is 11.5 Å². The van der Waals surface area contributed by atoms with E-state index in [1.165, 1.54) is 19.2 Å². The van der Waals surface area contributed by atoms with E-state index in [4.69, 9.17) is 14.0 Å². The van der Waals surface area contributed by atoms with E-state index in [0.29, 0.717) is 0 Å². The van der Waals surface area contributed by atoms with Crippen LogP contribution in [0, 0.1) is 0 Å². The molecule has 0 amide bonds. The van der Waals surface area contributed by atoms with Gasteiger partial charge in [-0.25, -0.2) is 4.79 Å². The Kier molecular flexibility index (Phi) is 8.90. The van der Waals surface area contributed by atoms with E-state index in [1.807, 2.05) is 0 Å². The number of carbonyl (C=O) groups is 1. The molecule has 0 spiro atoms. The number of esters is 1. The Bertz CT molecular complexity index is 556. The molecule has 0 aliphatic heterocycles. The molecule has 1 N–H and O–H groups in total. The van der Waals surface area contributed by atoms with Gasteiger partial charge in [-0.2, -0.15) is 8.42 Å². The van der Waals surface area contributed by atoms with E-state index in [0.717, 1.165) is 6.07 Å². The SMILES string of the molecule is CCOC(=O)COc1ccc(S(=O)(=O)O)c(OC)c1.[KH]. The summed E-state index contributed by atoms with van der Waals surface area (Å²) >= 11 is 0. The summed E-state index contributed by atoms with van der Waals surface area (Å²) < 4.78 is 45.6. The first-order chi connectivity index (χ1) is 8.88. The Labute approximate surface area is 159 Å². The van der Waals surface area contributed by atoms with E-state index in [1.54, 1.807) is 6.92 Å². The average molecular weight is 330 g/mol. The number of rotatable bonds is 6. The fourth-order valence-corrected chi connectivity index (χ4v) is 1.93. The molecule has 0 aliphatic carbocycles. The van der Waals surface area contributed by atoms with E-state index in [-0.39, 0.29) is 81.0 Å². The Morgan fingerprint density at radius 3 is 2.50 bits per heavy atom. The molecular weight excluding hydrogens is 315 g/mol. The molecule has 0 saturated heterocycles. The molecule has 0 aliphatic rings. The number of benzene rings is 1. The van der Waals surface area contributed by atoms with Gasteiger partial charge in [0.1, 0.15) is 16.4 Å². The van der Waals surface area contributed by atoms with Crippen LogP contribution in [0.3, 0.4) is 0 Å². The molecular formula is C11H15KO7S. The number of hydrogen-bond acceptors (Lipinski definition) is 6. The van der Waals surface area contributed by atoms with Crippen molar-refractivity contribution in [2.45, 2.75) is 11.8 Å². The monoisotopic (exact) mass is 330 g/mol. The van der Waals surface area contributed by atoms with Gasteiger partial charge in [0.05, 0.1) is 13.7 Å². The molecule has 0 radical (unpaired) electrons. The summed E-state index contributed by atoms with van der Waals surface area (Å²) in [7, 11) is -3.13. The molecule has 0 heterocycles. The zero-order valence-electron chi connectivity index (χ0n) is 10.5. The molecule has 0 saturated carbocycles. The van der Waals surface area contributed by atoms with Crippen LogP contribution in [0.15, 0.2) is 23.1 Å². The summed E-state index contributed by atoms with van der Waals surface area (Å²) in [6.45, 7) is 1.61. The molecule has 0 fully saturated rings. The topological polar surface area (TPSA) is 99.1 Å². The zero-order chi connectivity index (χ0) is 14.5. The number of methoxy groups -OCH3 is 1. The molecule has 108 valence electrons. The Morgan fingerprint density at radius 1 is 1.35 bits per heavy atom. The quantitative estimate of drug-likeness (QED) is 0.453. The van der Waals surface area contributed by atoms with E-state index < -0.39 is 16.1 Å². The van der Waals surface area contributed by atoms with Crippen LogP contribution in [0.2, 0.25) is 0 Å². The van der Waals surface area contributed by atoms with Gasteiger partial charge in [0.25, 0.3) is 10.1 Å². The fraction of sp³-hybridized carbons (Fsp3) is 0.364. The fourth-order valence-electron chi connectivity index (χ4n) is 1.30. The van der Waals surface area contributed by atoms with Crippen molar-refractivity contribution in [3.63, 3.8) is 0 Å². The second-order valence-electron chi connectivity index (χ2n) is 3.38. The summed E-state index contributed by atoms with van der Waals surface area (Å²) in [5, 5.41) is 0. The first kappa shape index (κ1) is 19.8. The van der Waals surface area contributed by atoms with Crippen molar-refractivity contribution in [2.75, 3.05) is 20.3 Å². The van der Waals surface area contributed by atoms with E-state index >= 15 is 0 Å². The minimum absolute atomic E-state index is 0. The van der Waals surface area contributed by atoms with Crippen LogP contribution in [-0.4, -0.2) is 90.6 Å². The molecule has 0 atom stereocenters. The van der Waals surface area contributed by atoms with Gasteiger partial charge in [-0.05, 0) is 19.1 Å². The van der Waals surface area contributed by atoms with Gasteiger partial charge < -0.3 is 14.2 Å². The Morgan fingerprint density at radius 2 is 2.00 bits per heavy atom. The summed E-state index contributed by atoms with van der Waals surface area (Å²) in [4.78, 5) is 10.7. The van der Waals surface area contributed by atoms with Gasteiger partial charge >= 0.3 is 57.4 Å². The molecule has 0 bridgehead atoms. The van der Waals surface area contributed by atoms with Crippen LogP contribution in [0.4, 0.5) is 0 Å². The Hall–Kier alpha value is -0.164. The van der Waals surface area contributed by atoms with Crippen molar-refractivity contribution in [1.82, 2.24) is 0 Å². The molecule has 20 heavy (non-hydrogen) atoms. The van der Waals surface area contributed by atoms with Gasteiger partial charge in [-0.3, -0.25) is 4.55 Å². The second-order valence-corrected chi connectivity index (χ2v) is 4.77. The van der Waals surface area contributed by atoms with Crippen molar-refractivity contribution < 1.29 is 32.0 Å². The van der Waals surface area contributed by atoms with Gasteiger partial charge in [0.15, 0.2) is 6.61 Å². The van der Waals surface area contributed by atoms with Crippen molar-refractivity contribution >= 4 is 67.5 Å². The van der Waals surface area contributed by atoms with Gasteiger partial charge in [0, 0.05) is 6.07 Å². The van der Waals surface area contributed by atoms with Gasteiger partial charge in [0.2, 0.25) is 0 Å². The number of hydrogen-bond donors (Lipinski definition) is 1. The minimum atomic E-state index is -4.37. The predicted octanol–water partition coefficient (Wildman–Crippen LogP) is 0.235. The third-order valence-corrected chi connectivity index (χ3v) is 2.97. The van der Waals surface area contributed by atoms with Crippen molar-refractivity contribution in [2.24, 2.45) is 0 Å². The van der Waals surface area contributed by atoms with Gasteiger partial charge in [-0.1, -0.05) is 0 Å². The summed E-state index contributed by atoms with van der Waals surface area (Å²) in [5.41, 5.74) is 0. The summed E-state index contributed by atoms with van der Waals surface area (Å²) in [5.74, 6) is -0.401. The molecule has 1 aromatic rings. The van der Waals surface area contributed by atoms with Crippen LogP contribution < -0.4 is 9.47 Å². The standard InChI is InChI=1S/C11H14O7S.K.H/c1-3-17-11(12)7-18-8-4-5-10(19(13,14)15)9(6-8)16-2;;/h4-6H,3,7H2,1-2H3,(H,13,14,15);;. The molecule has 1 aromatic carbocycles. The van der Waals surface area contributed by atoms with Crippen LogP contribution in [-0.2, 0) is 19.6 Å². The van der Waals surface area contributed by atoms with Crippen LogP contribution in [0.1, 0.15) is 6.92 Å². The van der Waals surface area contributed by atoms with Crippen molar-refractivity contribution in [3.05, 3.63) is 18.2 Å². The maximum absolute atomic E-state index is 11.1. The van der Waals surface area contributed by atoms with Crippen LogP contribution >= 0.6 is 0 Å². The number of carbonyl (C=O) groups excluding carboxylic acids is 1. The van der Waals surface area contributed by atoms with E-state index in [9.17, 15) is 13.2 Å².